The smallest absolute Gasteiger partial charge is 0.216 e. The summed E-state index contributed by atoms with van der Waals surface area (Å²) in [5.41, 5.74) is 0.148. The normalized spacial score (nSPS) is 18.0. The van der Waals surface area contributed by atoms with E-state index in [-0.39, 0.29) is 6.10 Å². The molecule has 2 rings (SSSR count). The minimum Gasteiger partial charge on any atom is -0.493 e. The number of hydrogen-bond donors (Lipinski definition) is 1. The Kier molecular flexibility index (Phi) is 6.05. The van der Waals surface area contributed by atoms with Gasteiger partial charge in [-0.25, -0.2) is 0 Å². The SMILES string of the molecule is COc1ccc(C#N)cc1OC1CCN(C(O)OC(C)(C)C)CC1. The standard InChI is InChI=1S/C18H26N2O4/c1-18(2,3)24-17(21)20-9-7-14(8-10-20)23-16-11-13(12-19)5-6-15(16)22-4/h5-6,11,14,17,21H,7-10H2,1-4H3. The van der Waals surface area contributed by atoms with Crippen molar-refractivity contribution in [2.45, 2.75) is 51.7 Å². The molecule has 6 heteroatoms. The Balaban J connectivity index is 1.93. The van der Waals surface area contributed by atoms with Gasteiger partial charge in [-0.3, -0.25) is 4.90 Å². The van der Waals surface area contributed by atoms with Gasteiger partial charge in [0.1, 0.15) is 6.10 Å². The predicted octanol–water partition coefficient (Wildman–Crippen LogP) is 2.50. The van der Waals surface area contributed by atoms with Gasteiger partial charge in [0.2, 0.25) is 6.41 Å². The van der Waals surface area contributed by atoms with Gasteiger partial charge in [-0.2, -0.15) is 5.26 Å². The van der Waals surface area contributed by atoms with E-state index in [0.29, 0.717) is 30.2 Å². The fourth-order valence-corrected chi connectivity index (χ4v) is 2.62. The number of rotatable bonds is 5. The Bertz CT molecular complexity index is 584. The second-order valence-electron chi connectivity index (χ2n) is 6.89. The van der Waals surface area contributed by atoms with Crippen molar-refractivity contribution in [2.24, 2.45) is 0 Å². The average molecular weight is 334 g/mol. The van der Waals surface area contributed by atoms with Gasteiger partial charge in [0.25, 0.3) is 0 Å². The molecule has 0 amide bonds. The highest BCUT2D eigenvalue weighted by atomic mass is 16.6. The molecule has 1 aliphatic rings. The van der Waals surface area contributed by atoms with Crippen LogP contribution >= 0.6 is 0 Å². The van der Waals surface area contributed by atoms with E-state index in [2.05, 4.69) is 6.07 Å². The second kappa shape index (κ2) is 7.84. The van der Waals surface area contributed by atoms with E-state index in [1.807, 2.05) is 25.7 Å². The predicted molar refractivity (Wildman–Crippen MR) is 89.8 cm³/mol. The van der Waals surface area contributed by atoms with Crippen molar-refractivity contribution in [1.82, 2.24) is 4.90 Å². The average Bonchev–Trinajstić information content (AvgIpc) is 2.53. The van der Waals surface area contributed by atoms with Gasteiger partial charge in [0, 0.05) is 19.2 Å². The van der Waals surface area contributed by atoms with E-state index in [1.165, 1.54) is 0 Å². The van der Waals surface area contributed by atoms with Crippen LogP contribution in [0, 0.1) is 11.3 Å². The van der Waals surface area contributed by atoms with E-state index in [9.17, 15) is 5.11 Å². The van der Waals surface area contributed by atoms with E-state index in [0.717, 1.165) is 12.8 Å². The quantitative estimate of drug-likeness (QED) is 0.834. The molecule has 1 saturated heterocycles. The lowest BCUT2D eigenvalue weighted by molar-refractivity contribution is -0.244. The van der Waals surface area contributed by atoms with Crippen molar-refractivity contribution in [3.63, 3.8) is 0 Å². The summed E-state index contributed by atoms with van der Waals surface area (Å²) in [4.78, 5) is 1.90. The molecule has 1 unspecified atom stereocenters. The molecule has 0 spiro atoms. The van der Waals surface area contributed by atoms with Crippen LogP contribution in [0.4, 0.5) is 0 Å². The van der Waals surface area contributed by atoms with Gasteiger partial charge in [-0.15, -0.1) is 0 Å². The first-order valence-electron chi connectivity index (χ1n) is 8.17. The van der Waals surface area contributed by atoms with Gasteiger partial charge < -0.3 is 19.3 Å². The molecular weight excluding hydrogens is 308 g/mol. The Hall–Kier alpha value is -1.81. The van der Waals surface area contributed by atoms with Crippen molar-refractivity contribution in [3.05, 3.63) is 23.8 Å². The van der Waals surface area contributed by atoms with Gasteiger partial charge in [-0.05, 0) is 45.7 Å². The van der Waals surface area contributed by atoms with Crippen molar-refractivity contribution in [1.29, 1.82) is 5.26 Å². The molecule has 0 saturated carbocycles. The van der Waals surface area contributed by atoms with Crippen LogP contribution in [-0.4, -0.2) is 48.3 Å². The third-order valence-electron chi connectivity index (χ3n) is 3.83. The molecule has 0 bridgehead atoms. The largest absolute Gasteiger partial charge is 0.493 e. The lowest BCUT2D eigenvalue weighted by Gasteiger charge is -2.37. The highest BCUT2D eigenvalue weighted by Crippen LogP contribution is 2.30. The fraction of sp³-hybridized carbons (Fsp3) is 0.611. The molecule has 1 heterocycles. The summed E-state index contributed by atoms with van der Waals surface area (Å²) in [6.45, 7) is 7.12. The first-order chi connectivity index (χ1) is 11.3. The monoisotopic (exact) mass is 334 g/mol. The zero-order valence-electron chi connectivity index (χ0n) is 14.8. The summed E-state index contributed by atoms with van der Waals surface area (Å²) in [7, 11) is 1.58. The topological polar surface area (TPSA) is 75.0 Å². The van der Waals surface area contributed by atoms with E-state index >= 15 is 0 Å². The lowest BCUT2D eigenvalue weighted by atomic mass is 10.1. The van der Waals surface area contributed by atoms with Gasteiger partial charge in [0.05, 0.1) is 24.3 Å². The molecule has 1 aromatic rings. The number of ether oxygens (including phenoxy) is 3. The first kappa shape index (κ1) is 18.5. The number of aliphatic hydroxyl groups is 1. The van der Waals surface area contributed by atoms with Crippen molar-refractivity contribution < 1.29 is 19.3 Å². The molecule has 1 fully saturated rings. The van der Waals surface area contributed by atoms with Gasteiger partial charge in [-0.1, -0.05) is 0 Å². The molecule has 1 aliphatic heterocycles. The fourth-order valence-electron chi connectivity index (χ4n) is 2.62. The van der Waals surface area contributed by atoms with E-state index < -0.39 is 12.0 Å². The van der Waals surface area contributed by atoms with Crippen LogP contribution in [-0.2, 0) is 4.74 Å². The molecule has 6 nitrogen and oxygen atoms in total. The lowest BCUT2D eigenvalue weighted by Crippen LogP contribution is -2.47. The molecule has 132 valence electrons. The maximum Gasteiger partial charge on any atom is 0.216 e. The van der Waals surface area contributed by atoms with Crippen LogP contribution in [0.5, 0.6) is 11.5 Å². The van der Waals surface area contributed by atoms with Crippen LogP contribution in [0.15, 0.2) is 18.2 Å². The minimum atomic E-state index is -0.901. The molecule has 1 aromatic carbocycles. The number of benzene rings is 1. The summed E-state index contributed by atoms with van der Waals surface area (Å²) in [5, 5.41) is 19.2. The van der Waals surface area contributed by atoms with Crippen LogP contribution < -0.4 is 9.47 Å². The summed E-state index contributed by atoms with van der Waals surface area (Å²) < 4.78 is 16.9. The summed E-state index contributed by atoms with van der Waals surface area (Å²) in [6.07, 6.45) is 0.656. The Morgan fingerprint density at radius 3 is 2.46 bits per heavy atom. The maximum absolute atomic E-state index is 10.1. The molecular formula is C18H26N2O4. The van der Waals surface area contributed by atoms with Crippen LogP contribution in [0.1, 0.15) is 39.2 Å². The van der Waals surface area contributed by atoms with Crippen molar-refractivity contribution in [3.8, 4) is 17.6 Å². The molecule has 1 N–H and O–H groups in total. The number of piperidine rings is 1. The van der Waals surface area contributed by atoms with Crippen molar-refractivity contribution >= 4 is 0 Å². The number of aliphatic hydroxyl groups excluding tert-OH is 1. The maximum atomic E-state index is 10.1. The highest BCUT2D eigenvalue weighted by Gasteiger charge is 2.28. The molecule has 0 aliphatic carbocycles. The Morgan fingerprint density at radius 1 is 1.25 bits per heavy atom. The molecule has 24 heavy (non-hydrogen) atoms. The summed E-state index contributed by atoms with van der Waals surface area (Å²) in [6, 6.07) is 7.25. The number of hydrogen-bond acceptors (Lipinski definition) is 6. The van der Waals surface area contributed by atoms with E-state index in [4.69, 9.17) is 19.5 Å². The number of nitriles is 1. The number of nitrogens with zero attached hydrogens (tertiary/aromatic N) is 2. The zero-order chi connectivity index (χ0) is 17.7. The zero-order valence-corrected chi connectivity index (χ0v) is 14.8. The van der Waals surface area contributed by atoms with Crippen LogP contribution in [0.3, 0.4) is 0 Å². The third-order valence-corrected chi connectivity index (χ3v) is 3.83. The number of likely N-dealkylation sites (tertiary alicyclic amines) is 1. The summed E-state index contributed by atoms with van der Waals surface area (Å²) >= 11 is 0. The van der Waals surface area contributed by atoms with Crippen molar-refractivity contribution in [2.75, 3.05) is 20.2 Å². The third kappa shape index (κ3) is 5.10. The molecule has 0 radical (unpaired) electrons. The summed E-state index contributed by atoms with van der Waals surface area (Å²) in [5.74, 6) is 1.20. The van der Waals surface area contributed by atoms with Gasteiger partial charge >= 0.3 is 0 Å². The second-order valence-corrected chi connectivity index (χ2v) is 6.89. The molecule has 0 aromatic heterocycles. The highest BCUT2D eigenvalue weighted by molar-refractivity contribution is 5.46. The van der Waals surface area contributed by atoms with Gasteiger partial charge in [0.15, 0.2) is 11.5 Å². The first-order valence-corrected chi connectivity index (χ1v) is 8.17. The number of methoxy groups -OCH3 is 1. The van der Waals surface area contributed by atoms with Crippen LogP contribution in [0.25, 0.3) is 0 Å². The van der Waals surface area contributed by atoms with Crippen LogP contribution in [0.2, 0.25) is 0 Å². The Morgan fingerprint density at radius 2 is 1.92 bits per heavy atom. The molecule has 1 atom stereocenters. The van der Waals surface area contributed by atoms with E-state index in [1.54, 1.807) is 25.3 Å². The minimum absolute atomic E-state index is 0.0194. The Labute approximate surface area is 143 Å².